The molecule has 2 fully saturated rings. The number of nitro groups is 1. The van der Waals surface area contributed by atoms with Gasteiger partial charge in [0.25, 0.3) is 11.8 Å². The number of hydrogen-bond donors (Lipinski definition) is 1. The number of nitrogens with two attached hydrogens (primary N) is 1. The summed E-state index contributed by atoms with van der Waals surface area (Å²) >= 11 is 5.95. The Balaban J connectivity index is 1.48. The van der Waals surface area contributed by atoms with Crippen molar-refractivity contribution >= 4 is 52.2 Å². The van der Waals surface area contributed by atoms with Crippen LogP contribution in [0.15, 0.2) is 30.6 Å². The van der Waals surface area contributed by atoms with Gasteiger partial charge in [0, 0.05) is 18.6 Å². The molecule has 5 atom stereocenters. The second-order valence-corrected chi connectivity index (χ2v) is 9.79. The van der Waals surface area contributed by atoms with E-state index in [9.17, 15) is 24.5 Å². The van der Waals surface area contributed by atoms with Crippen molar-refractivity contribution in [1.29, 1.82) is 0 Å². The lowest BCUT2D eigenvalue weighted by atomic mass is 10.1. The fourth-order valence-electron chi connectivity index (χ4n) is 4.78. The van der Waals surface area contributed by atoms with Gasteiger partial charge in [-0.3, -0.25) is 14.7 Å². The minimum Gasteiger partial charge on any atom is -0.464 e. The number of imidazole rings is 1. The molecule has 1 saturated heterocycles. The molecule has 1 aliphatic carbocycles. The van der Waals surface area contributed by atoms with Crippen LogP contribution in [0, 0.1) is 10.1 Å². The lowest BCUT2D eigenvalue weighted by Crippen LogP contribution is -2.42. The average molecular weight is 623 g/mol. The molecule has 1 spiro atoms. The maximum absolute atomic E-state index is 16.3. The van der Waals surface area contributed by atoms with Crippen molar-refractivity contribution in [1.82, 2.24) is 19.5 Å². The summed E-state index contributed by atoms with van der Waals surface area (Å²) < 4.78 is 44.8. The van der Waals surface area contributed by atoms with Crippen LogP contribution in [-0.4, -0.2) is 85.6 Å². The molecule has 3 heterocycles. The van der Waals surface area contributed by atoms with Gasteiger partial charge >= 0.3 is 17.9 Å². The number of alkyl halides is 1. The van der Waals surface area contributed by atoms with E-state index in [4.69, 9.17) is 41.0 Å². The monoisotopic (exact) mass is 622 g/mol. The Kier molecular flexibility index (Phi) is 8.13. The Morgan fingerprint density at radius 3 is 2.47 bits per heavy atom. The Bertz CT molecular complexity index is 1570. The van der Waals surface area contributed by atoms with Crippen molar-refractivity contribution in [2.24, 2.45) is 0 Å². The molecule has 5 rings (SSSR count). The third kappa shape index (κ3) is 5.53. The average Bonchev–Trinajstić information content (AvgIpc) is 3.37. The van der Waals surface area contributed by atoms with E-state index in [1.54, 1.807) is 0 Å². The van der Waals surface area contributed by atoms with Crippen LogP contribution in [0.1, 0.15) is 36.9 Å². The van der Waals surface area contributed by atoms with Gasteiger partial charge < -0.3 is 29.4 Å². The summed E-state index contributed by atoms with van der Waals surface area (Å²) in [7, 11) is 0. The largest absolute Gasteiger partial charge is 0.464 e. The number of carbonyl (C=O) groups excluding carboxylic acids is 3. The van der Waals surface area contributed by atoms with Crippen molar-refractivity contribution in [3.05, 3.63) is 51.6 Å². The molecule has 0 bridgehead atoms. The smallest absolute Gasteiger partial charge is 0.347 e. The van der Waals surface area contributed by atoms with Crippen LogP contribution in [0.25, 0.3) is 11.2 Å². The van der Waals surface area contributed by atoms with Crippen LogP contribution in [0.5, 0.6) is 0 Å². The molecular weight excluding hydrogens is 599 g/mol. The van der Waals surface area contributed by atoms with E-state index in [1.165, 1.54) is 24.7 Å². The molecule has 1 saturated carbocycles. The number of benzene rings is 1. The second kappa shape index (κ2) is 11.7. The van der Waals surface area contributed by atoms with Gasteiger partial charge in [-0.1, -0.05) is 0 Å². The third-order valence-corrected chi connectivity index (χ3v) is 6.99. The van der Waals surface area contributed by atoms with Gasteiger partial charge in [-0.05, 0) is 37.6 Å². The highest BCUT2D eigenvalue weighted by Crippen LogP contribution is 2.57. The van der Waals surface area contributed by atoms with Crippen LogP contribution in [0.4, 0.5) is 15.9 Å². The highest BCUT2D eigenvalue weighted by atomic mass is 35.5. The zero-order chi connectivity index (χ0) is 31.1. The number of hydrogen-bond acceptors (Lipinski definition) is 14. The SMILES string of the molecule is CCOC(=O)C(OC1CC12OC(n1cnc3c(N)nc(Cl)nc31)[C@@H](F)[C@H]2OC(=O)c1ccc([N+](=O)[O-])cc1)C(=O)OCC. The van der Waals surface area contributed by atoms with Gasteiger partial charge in [0.1, 0.15) is 11.1 Å². The van der Waals surface area contributed by atoms with E-state index in [0.717, 1.165) is 24.3 Å². The van der Waals surface area contributed by atoms with E-state index in [0.29, 0.717) is 0 Å². The number of nitrogens with zero attached hydrogens (tertiary/aromatic N) is 5. The van der Waals surface area contributed by atoms with Gasteiger partial charge in [-0.25, -0.2) is 23.8 Å². The van der Waals surface area contributed by atoms with E-state index in [1.807, 2.05) is 0 Å². The summed E-state index contributed by atoms with van der Waals surface area (Å²) in [6, 6.07) is 4.48. The molecule has 16 nitrogen and oxygen atoms in total. The maximum atomic E-state index is 16.3. The lowest BCUT2D eigenvalue weighted by molar-refractivity contribution is -0.384. The molecule has 1 aliphatic heterocycles. The Labute approximate surface area is 246 Å². The van der Waals surface area contributed by atoms with Crippen molar-refractivity contribution in [2.45, 2.75) is 56.6 Å². The topological polar surface area (TPSA) is 210 Å². The highest BCUT2D eigenvalue weighted by Gasteiger charge is 2.73. The number of fused-ring (bicyclic) bond motifs is 1. The minimum absolute atomic E-state index is 0.0247. The maximum Gasteiger partial charge on any atom is 0.347 e. The van der Waals surface area contributed by atoms with E-state index >= 15 is 4.39 Å². The fraction of sp³-hybridized carbons (Fsp3) is 0.440. The van der Waals surface area contributed by atoms with Crippen molar-refractivity contribution in [3.8, 4) is 0 Å². The number of anilines is 1. The summed E-state index contributed by atoms with van der Waals surface area (Å²) in [5.74, 6) is -3.15. The summed E-state index contributed by atoms with van der Waals surface area (Å²) in [4.78, 5) is 60.5. The number of halogens is 2. The molecule has 228 valence electrons. The summed E-state index contributed by atoms with van der Waals surface area (Å²) in [6.07, 6.45) is -7.12. The molecule has 0 radical (unpaired) electrons. The molecule has 0 amide bonds. The molecule has 3 unspecified atom stereocenters. The van der Waals surface area contributed by atoms with Crippen LogP contribution in [0.3, 0.4) is 0 Å². The first-order valence-corrected chi connectivity index (χ1v) is 13.3. The molecule has 2 N–H and O–H groups in total. The number of nitro benzene ring substituents is 1. The number of nitrogen functional groups attached to an aromatic ring is 1. The zero-order valence-electron chi connectivity index (χ0n) is 22.5. The van der Waals surface area contributed by atoms with Gasteiger partial charge in [-0.15, -0.1) is 0 Å². The first kappa shape index (κ1) is 30.0. The standard InChI is InChI=1S/C25H24ClFN6O10/c1-3-39-22(35)16(23(36)40-4-2)41-13-9-25(13)17(42-21(34)11-5-7-12(8-6-11)33(37)38)14(27)20(43-25)32-10-29-15-18(28)30-24(26)31-19(15)32/h5-8,10,13-14,16-17,20H,3-4,9H2,1-2H3,(H2,28,30,31)/t13?,14-,17+,20?,25?/m0/s1. The van der Waals surface area contributed by atoms with Crippen molar-refractivity contribution in [3.63, 3.8) is 0 Å². The fourth-order valence-corrected chi connectivity index (χ4v) is 4.95. The Morgan fingerprint density at radius 1 is 1.21 bits per heavy atom. The second-order valence-electron chi connectivity index (χ2n) is 9.45. The first-order chi connectivity index (χ1) is 20.5. The number of non-ortho nitro benzene ring substituents is 1. The van der Waals surface area contributed by atoms with Gasteiger partial charge in [0.2, 0.25) is 5.28 Å². The van der Waals surface area contributed by atoms with Crippen LogP contribution < -0.4 is 5.73 Å². The van der Waals surface area contributed by atoms with Crippen molar-refractivity contribution in [2.75, 3.05) is 18.9 Å². The van der Waals surface area contributed by atoms with Crippen LogP contribution in [0.2, 0.25) is 5.28 Å². The van der Waals surface area contributed by atoms with E-state index in [-0.39, 0.29) is 53.2 Å². The number of aromatic nitrogens is 4. The molecule has 18 heteroatoms. The Hall–Kier alpha value is -4.48. The lowest BCUT2D eigenvalue weighted by Gasteiger charge is -2.21. The predicted molar refractivity (Wildman–Crippen MR) is 141 cm³/mol. The normalized spacial score (nSPS) is 24.3. The first-order valence-electron chi connectivity index (χ1n) is 12.9. The van der Waals surface area contributed by atoms with E-state index in [2.05, 4.69) is 15.0 Å². The molecule has 2 aliphatic rings. The molecule has 43 heavy (non-hydrogen) atoms. The number of rotatable bonds is 10. The molecule has 2 aromatic heterocycles. The van der Waals surface area contributed by atoms with Gasteiger partial charge in [0.05, 0.1) is 36.1 Å². The predicted octanol–water partition coefficient (Wildman–Crippen LogP) is 2.09. The van der Waals surface area contributed by atoms with Gasteiger partial charge in [0.15, 0.2) is 30.0 Å². The van der Waals surface area contributed by atoms with E-state index < -0.39 is 59.1 Å². The summed E-state index contributed by atoms with van der Waals surface area (Å²) in [5.41, 5.74) is 3.94. The minimum atomic E-state index is -2.08. The van der Waals surface area contributed by atoms with Crippen LogP contribution in [-0.2, 0) is 33.3 Å². The number of carbonyl (C=O) groups is 3. The number of ether oxygens (including phenoxy) is 5. The zero-order valence-corrected chi connectivity index (χ0v) is 23.3. The van der Waals surface area contributed by atoms with Gasteiger partial charge in [-0.2, -0.15) is 9.97 Å². The third-order valence-electron chi connectivity index (χ3n) is 6.82. The molecule has 1 aromatic carbocycles. The highest BCUT2D eigenvalue weighted by molar-refractivity contribution is 6.28. The molecule has 3 aromatic rings. The van der Waals surface area contributed by atoms with Crippen LogP contribution >= 0.6 is 11.6 Å². The summed E-state index contributed by atoms with van der Waals surface area (Å²) in [5, 5.41) is 10.8. The Morgan fingerprint density at radius 2 is 1.86 bits per heavy atom. The van der Waals surface area contributed by atoms with Crippen molar-refractivity contribution < 1.29 is 47.4 Å². The quantitative estimate of drug-likeness (QED) is 0.0857. The summed E-state index contributed by atoms with van der Waals surface area (Å²) in [6.45, 7) is 2.94. The number of esters is 3. The molecular formula is C25H24ClFN6O10.